The molecule has 0 N–H and O–H groups in total. The molecule has 1 amide bonds. The molecule has 0 spiro atoms. The van der Waals surface area contributed by atoms with Gasteiger partial charge in [0, 0.05) is 37.1 Å². The quantitative estimate of drug-likeness (QED) is 0.668. The molecule has 2 aliphatic rings. The number of aromatic nitrogens is 1. The first-order chi connectivity index (χ1) is 14.7. The molecule has 1 aromatic heterocycles. The second-order valence-corrected chi connectivity index (χ2v) is 9.09. The molecular weight excluding hydrogens is 370 g/mol. The fourth-order valence-corrected chi connectivity index (χ4v) is 5.11. The van der Waals surface area contributed by atoms with Gasteiger partial charge in [0.25, 0.3) is 5.91 Å². The van der Waals surface area contributed by atoms with Crippen LogP contribution in [0, 0.1) is 12.8 Å². The van der Waals surface area contributed by atoms with Crippen LogP contribution < -0.4 is 0 Å². The van der Waals surface area contributed by atoms with E-state index in [-0.39, 0.29) is 5.91 Å². The molecule has 1 aliphatic carbocycles. The maximum atomic E-state index is 13.2. The molecule has 2 aromatic rings. The van der Waals surface area contributed by atoms with Crippen molar-refractivity contribution in [1.29, 1.82) is 0 Å². The molecule has 160 valence electrons. The van der Waals surface area contributed by atoms with E-state index in [1.54, 1.807) is 12.4 Å². The van der Waals surface area contributed by atoms with Gasteiger partial charge in [-0.3, -0.25) is 9.78 Å². The molecule has 0 unspecified atom stereocenters. The molecule has 0 atom stereocenters. The molecule has 0 bridgehead atoms. The van der Waals surface area contributed by atoms with Crippen molar-refractivity contribution in [2.75, 3.05) is 26.2 Å². The van der Waals surface area contributed by atoms with Gasteiger partial charge >= 0.3 is 0 Å². The number of hydrogen-bond acceptors (Lipinski definition) is 3. The number of carbonyl (C=O) groups excluding carboxylic acids is 1. The van der Waals surface area contributed by atoms with Crippen LogP contribution in [-0.4, -0.2) is 52.9 Å². The van der Waals surface area contributed by atoms with Crippen LogP contribution in [-0.2, 0) is 6.42 Å². The molecule has 1 aliphatic heterocycles. The van der Waals surface area contributed by atoms with Gasteiger partial charge in [0.05, 0.1) is 0 Å². The Morgan fingerprint density at radius 3 is 2.43 bits per heavy atom. The molecule has 2 fully saturated rings. The third-order valence-corrected chi connectivity index (χ3v) is 7.07. The van der Waals surface area contributed by atoms with Gasteiger partial charge in [-0.15, -0.1) is 0 Å². The lowest BCUT2D eigenvalue weighted by Crippen LogP contribution is -2.45. The van der Waals surface area contributed by atoms with Crippen LogP contribution in [0.5, 0.6) is 0 Å². The number of pyridine rings is 1. The summed E-state index contributed by atoms with van der Waals surface area (Å²) < 4.78 is 0. The van der Waals surface area contributed by atoms with Gasteiger partial charge in [-0.2, -0.15) is 0 Å². The smallest absolute Gasteiger partial charge is 0.254 e. The van der Waals surface area contributed by atoms with Crippen molar-refractivity contribution in [3.8, 4) is 0 Å². The van der Waals surface area contributed by atoms with Crippen LogP contribution in [0.15, 0.2) is 48.8 Å². The summed E-state index contributed by atoms with van der Waals surface area (Å²) in [5.41, 5.74) is 3.65. The molecule has 1 aromatic carbocycles. The van der Waals surface area contributed by atoms with E-state index in [2.05, 4.69) is 46.0 Å². The minimum Gasteiger partial charge on any atom is -0.335 e. The van der Waals surface area contributed by atoms with E-state index in [4.69, 9.17) is 0 Å². The Labute approximate surface area is 181 Å². The number of benzene rings is 1. The van der Waals surface area contributed by atoms with Crippen molar-refractivity contribution in [3.63, 3.8) is 0 Å². The summed E-state index contributed by atoms with van der Waals surface area (Å²) in [7, 11) is 0. The largest absolute Gasteiger partial charge is 0.335 e. The highest BCUT2D eigenvalue weighted by Gasteiger charge is 2.30. The number of carbonyl (C=O) groups is 1. The first kappa shape index (κ1) is 21.0. The maximum Gasteiger partial charge on any atom is 0.254 e. The number of rotatable bonds is 7. The molecule has 4 rings (SSSR count). The SMILES string of the molecule is Cc1ccccc1CCN1CCC(CN(C(=O)c2ccncc2)C2CCCC2)CC1. The minimum absolute atomic E-state index is 0.200. The highest BCUT2D eigenvalue weighted by molar-refractivity contribution is 5.94. The fraction of sp³-hybridized carbons (Fsp3) is 0.538. The van der Waals surface area contributed by atoms with Gasteiger partial charge in [-0.25, -0.2) is 0 Å². The summed E-state index contributed by atoms with van der Waals surface area (Å²) in [5.74, 6) is 0.817. The van der Waals surface area contributed by atoms with Crippen LogP contribution in [0.3, 0.4) is 0 Å². The molecular formula is C26H35N3O. The Morgan fingerprint density at radius 2 is 1.73 bits per heavy atom. The fourth-order valence-electron chi connectivity index (χ4n) is 5.11. The van der Waals surface area contributed by atoms with Gasteiger partial charge in [-0.05, 0) is 81.3 Å². The first-order valence-corrected chi connectivity index (χ1v) is 11.7. The van der Waals surface area contributed by atoms with E-state index in [1.807, 2.05) is 12.1 Å². The normalized spacial score (nSPS) is 18.6. The lowest BCUT2D eigenvalue weighted by atomic mass is 9.94. The van der Waals surface area contributed by atoms with E-state index >= 15 is 0 Å². The summed E-state index contributed by atoms with van der Waals surface area (Å²) in [5, 5.41) is 0. The van der Waals surface area contributed by atoms with E-state index in [1.165, 1.54) is 36.8 Å². The lowest BCUT2D eigenvalue weighted by molar-refractivity contribution is 0.0598. The molecule has 4 heteroatoms. The Balaban J connectivity index is 1.31. The highest BCUT2D eigenvalue weighted by Crippen LogP contribution is 2.28. The van der Waals surface area contributed by atoms with Gasteiger partial charge in [0.1, 0.15) is 0 Å². The van der Waals surface area contributed by atoms with Crippen molar-refractivity contribution in [2.24, 2.45) is 5.92 Å². The third-order valence-electron chi connectivity index (χ3n) is 7.07. The highest BCUT2D eigenvalue weighted by atomic mass is 16.2. The first-order valence-electron chi connectivity index (χ1n) is 11.7. The van der Waals surface area contributed by atoms with Crippen molar-refractivity contribution in [1.82, 2.24) is 14.8 Å². The average molecular weight is 406 g/mol. The number of nitrogens with zero attached hydrogens (tertiary/aromatic N) is 3. The summed E-state index contributed by atoms with van der Waals surface area (Å²) in [6.45, 7) is 6.56. The number of amides is 1. The third kappa shape index (κ3) is 5.28. The predicted octanol–water partition coefficient (Wildman–Crippen LogP) is 4.73. The monoisotopic (exact) mass is 405 g/mol. The Kier molecular flexibility index (Phi) is 7.16. The summed E-state index contributed by atoms with van der Waals surface area (Å²) >= 11 is 0. The maximum absolute atomic E-state index is 13.2. The number of likely N-dealkylation sites (tertiary alicyclic amines) is 1. The topological polar surface area (TPSA) is 36.4 Å². The Bertz CT molecular complexity index is 808. The zero-order valence-corrected chi connectivity index (χ0v) is 18.3. The second kappa shape index (κ2) is 10.2. The summed E-state index contributed by atoms with van der Waals surface area (Å²) in [6, 6.07) is 12.9. The van der Waals surface area contributed by atoms with Crippen LogP contribution in [0.1, 0.15) is 60.0 Å². The molecule has 0 radical (unpaired) electrons. The minimum atomic E-state index is 0.200. The van der Waals surface area contributed by atoms with Crippen molar-refractivity contribution in [2.45, 2.75) is 57.9 Å². The summed E-state index contributed by atoms with van der Waals surface area (Å²) in [4.78, 5) is 22.1. The van der Waals surface area contributed by atoms with Crippen molar-refractivity contribution < 1.29 is 4.79 Å². The molecule has 30 heavy (non-hydrogen) atoms. The average Bonchev–Trinajstić information content (AvgIpc) is 3.32. The molecule has 1 saturated heterocycles. The zero-order chi connectivity index (χ0) is 20.8. The van der Waals surface area contributed by atoms with Crippen LogP contribution >= 0.6 is 0 Å². The lowest BCUT2D eigenvalue weighted by Gasteiger charge is -2.37. The number of hydrogen-bond donors (Lipinski definition) is 0. The number of aryl methyl sites for hydroxylation is 1. The Hall–Kier alpha value is -2.20. The van der Waals surface area contributed by atoms with Crippen LogP contribution in [0.4, 0.5) is 0 Å². The van der Waals surface area contributed by atoms with Crippen LogP contribution in [0.2, 0.25) is 0 Å². The molecule has 4 nitrogen and oxygen atoms in total. The zero-order valence-electron chi connectivity index (χ0n) is 18.3. The standard InChI is InChI=1S/C26H35N3O/c1-21-6-2-3-7-23(21)14-19-28-17-12-22(13-18-28)20-29(25-8-4-5-9-25)26(30)24-10-15-27-16-11-24/h2-3,6-7,10-11,15-16,22,25H,4-5,8-9,12-14,17-20H2,1H3. The number of piperidine rings is 1. The van der Waals surface area contributed by atoms with Gasteiger partial charge in [0.2, 0.25) is 0 Å². The summed E-state index contributed by atoms with van der Waals surface area (Å²) in [6.07, 6.45) is 11.8. The van der Waals surface area contributed by atoms with E-state index in [0.717, 1.165) is 51.0 Å². The Morgan fingerprint density at radius 1 is 1.03 bits per heavy atom. The predicted molar refractivity (Wildman–Crippen MR) is 122 cm³/mol. The molecule has 1 saturated carbocycles. The second-order valence-electron chi connectivity index (χ2n) is 9.09. The van der Waals surface area contributed by atoms with Crippen molar-refractivity contribution >= 4 is 5.91 Å². The van der Waals surface area contributed by atoms with Gasteiger partial charge in [0.15, 0.2) is 0 Å². The van der Waals surface area contributed by atoms with E-state index in [9.17, 15) is 4.79 Å². The molecule has 2 heterocycles. The van der Waals surface area contributed by atoms with Gasteiger partial charge in [-0.1, -0.05) is 37.1 Å². The van der Waals surface area contributed by atoms with E-state index < -0.39 is 0 Å². The van der Waals surface area contributed by atoms with Crippen LogP contribution in [0.25, 0.3) is 0 Å². The van der Waals surface area contributed by atoms with Gasteiger partial charge < -0.3 is 9.80 Å². The van der Waals surface area contributed by atoms with E-state index in [0.29, 0.717) is 12.0 Å². The van der Waals surface area contributed by atoms with Crippen molar-refractivity contribution in [3.05, 3.63) is 65.5 Å².